The second-order valence-electron chi connectivity index (χ2n) is 3.95. The molecule has 100 valence electrons. The van der Waals surface area contributed by atoms with Gasteiger partial charge in [0.1, 0.15) is 0 Å². The molecule has 0 radical (unpaired) electrons. The van der Waals surface area contributed by atoms with E-state index in [4.69, 9.17) is 4.74 Å². The van der Waals surface area contributed by atoms with Gasteiger partial charge in [-0.25, -0.2) is 0 Å². The van der Waals surface area contributed by atoms with Gasteiger partial charge in [0.2, 0.25) is 5.95 Å². The normalized spacial score (nSPS) is 10.2. The Morgan fingerprint density at radius 1 is 1.26 bits per heavy atom. The number of para-hydroxylation sites is 1. The van der Waals surface area contributed by atoms with Crippen molar-refractivity contribution in [3.8, 4) is 0 Å². The molecule has 0 saturated carbocycles. The Morgan fingerprint density at radius 2 is 2.05 bits per heavy atom. The van der Waals surface area contributed by atoms with Crippen molar-refractivity contribution < 1.29 is 4.74 Å². The zero-order valence-electron chi connectivity index (χ0n) is 11.1. The van der Waals surface area contributed by atoms with Crippen molar-refractivity contribution in [1.82, 2.24) is 15.2 Å². The van der Waals surface area contributed by atoms with E-state index in [9.17, 15) is 0 Å². The molecule has 0 fully saturated rings. The molecule has 1 aromatic carbocycles. The van der Waals surface area contributed by atoms with Crippen LogP contribution in [0.25, 0.3) is 0 Å². The van der Waals surface area contributed by atoms with Gasteiger partial charge in [0.15, 0.2) is 5.82 Å². The van der Waals surface area contributed by atoms with Gasteiger partial charge in [-0.15, -0.1) is 5.10 Å². The summed E-state index contributed by atoms with van der Waals surface area (Å²) >= 11 is 0. The van der Waals surface area contributed by atoms with Gasteiger partial charge in [0.25, 0.3) is 0 Å². The molecule has 19 heavy (non-hydrogen) atoms. The minimum Gasteiger partial charge on any atom is -0.383 e. The number of hydrogen-bond donors (Lipinski definition) is 1. The molecule has 6 nitrogen and oxygen atoms in total. The summed E-state index contributed by atoms with van der Waals surface area (Å²) in [5, 5.41) is 10.9. The van der Waals surface area contributed by atoms with Gasteiger partial charge >= 0.3 is 0 Å². The molecule has 0 aliphatic heterocycles. The summed E-state index contributed by atoms with van der Waals surface area (Å²) < 4.78 is 4.96. The highest BCUT2D eigenvalue weighted by Gasteiger charge is 2.07. The van der Waals surface area contributed by atoms with Crippen molar-refractivity contribution in [2.45, 2.75) is 0 Å². The Balaban J connectivity index is 2.10. The molecule has 1 aromatic heterocycles. The number of hydrogen-bond acceptors (Lipinski definition) is 6. The van der Waals surface area contributed by atoms with E-state index in [2.05, 4.69) is 20.5 Å². The third-order valence-corrected chi connectivity index (χ3v) is 2.62. The smallest absolute Gasteiger partial charge is 0.244 e. The van der Waals surface area contributed by atoms with Crippen LogP contribution in [0.4, 0.5) is 17.5 Å². The lowest BCUT2D eigenvalue weighted by Gasteiger charge is -2.17. The number of benzene rings is 1. The maximum absolute atomic E-state index is 4.96. The van der Waals surface area contributed by atoms with E-state index < -0.39 is 0 Å². The minimum atomic E-state index is 0.498. The van der Waals surface area contributed by atoms with E-state index in [1.807, 2.05) is 42.3 Å². The standard InChI is InChI=1S/C13H17N5O/c1-18(11-6-4-3-5-7-11)12-10-15-17-13(16-12)14-8-9-19-2/h3-7,10H,8-9H2,1-2H3,(H,14,16,17). The highest BCUT2D eigenvalue weighted by atomic mass is 16.5. The molecule has 0 atom stereocenters. The lowest BCUT2D eigenvalue weighted by Crippen LogP contribution is -2.15. The average molecular weight is 259 g/mol. The largest absolute Gasteiger partial charge is 0.383 e. The van der Waals surface area contributed by atoms with Crippen LogP contribution in [0, 0.1) is 0 Å². The Bertz CT molecular complexity index is 505. The van der Waals surface area contributed by atoms with Gasteiger partial charge in [-0.3, -0.25) is 0 Å². The lowest BCUT2D eigenvalue weighted by atomic mass is 10.3. The lowest BCUT2D eigenvalue weighted by molar-refractivity contribution is 0.210. The molecule has 6 heteroatoms. The fourth-order valence-corrected chi connectivity index (χ4v) is 1.58. The van der Waals surface area contributed by atoms with Gasteiger partial charge in [-0.2, -0.15) is 10.1 Å². The Labute approximate surface area is 112 Å². The van der Waals surface area contributed by atoms with Gasteiger partial charge in [-0.05, 0) is 12.1 Å². The second kappa shape index (κ2) is 6.65. The number of nitrogens with one attached hydrogen (secondary N) is 1. The summed E-state index contributed by atoms with van der Waals surface area (Å²) in [6.07, 6.45) is 1.63. The van der Waals surface area contributed by atoms with Crippen LogP contribution in [0.15, 0.2) is 36.5 Å². The van der Waals surface area contributed by atoms with Crippen LogP contribution in [0.5, 0.6) is 0 Å². The van der Waals surface area contributed by atoms with Crippen LogP contribution in [0.1, 0.15) is 0 Å². The number of ether oxygens (including phenoxy) is 1. The fraction of sp³-hybridized carbons (Fsp3) is 0.308. The molecule has 0 spiro atoms. The van der Waals surface area contributed by atoms with Crippen LogP contribution in [-0.2, 0) is 4.74 Å². The third kappa shape index (κ3) is 3.62. The summed E-state index contributed by atoms with van der Waals surface area (Å²) in [4.78, 5) is 6.36. The quantitative estimate of drug-likeness (QED) is 0.797. The van der Waals surface area contributed by atoms with E-state index in [0.29, 0.717) is 19.1 Å². The van der Waals surface area contributed by atoms with Crippen molar-refractivity contribution in [1.29, 1.82) is 0 Å². The fourth-order valence-electron chi connectivity index (χ4n) is 1.58. The van der Waals surface area contributed by atoms with Gasteiger partial charge in [-0.1, -0.05) is 18.2 Å². The molecule has 1 heterocycles. The van der Waals surface area contributed by atoms with Crippen molar-refractivity contribution >= 4 is 17.5 Å². The predicted octanol–water partition coefficient (Wildman–Crippen LogP) is 1.70. The van der Waals surface area contributed by atoms with Crippen LogP contribution in [-0.4, -0.2) is 42.5 Å². The highest BCUT2D eigenvalue weighted by Crippen LogP contribution is 2.20. The monoisotopic (exact) mass is 259 g/mol. The summed E-state index contributed by atoms with van der Waals surface area (Å²) in [6.45, 7) is 1.25. The number of anilines is 3. The Morgan fingerprint density at radius 3 is 2.79 bits per heavy atom. The second-order valence-corrected chi connectivity index (χ2v) is 3.95. The maximum Gasteiger partial charge on any atom is 0.244 e. The molecule has 0 aliphatic carbocycles. The zero-order chi connectivity index (χ0) is 13.5. The van der Waals surface area contributed by atoms with Crippen LogP contribution >= 0.6 is 0 Å². The van der Waals surface area contributed by atoms with Crippen LogP contribution < -0.4 is 10.2 Å². The molecule has 1 N–H and O–H groups in total. The number of nitrogens with zero attached hydrogens (tertiary/aromatic N) is 4. The van der Waals surface area contributed by atoms with E-state index in [1.54, 1.807) is 13.3 Å². The molecule has 0 amide bonds. The van der Waals surface area contributed by atoms with Crippen molar-refractivity contribution in [3.63, 3.8) is 0 Å². The van der Waals surface area contributed by atoms with Crippen molar-refractivity contribution in [2.24, 2.45) is 0 Å². The molecular formula is C13H17N5O. The first-order valence-corrected chi connectivity index (χ1v) is 6.02. The van der Waals surface area contributed by atoms with Gasteiger partial charge in [0.05, 0.1) is 12.8 Å². The Kier molecular flexibility index (Phi) is 4.63. The maximum atomic E-state index is 4.96. The Hall–Kier alpha value is -2.21. The topological polar surface area (TPSA) is 63.2 Å². The van der Waals surface area contributed by atoms with E-state index in [1.165, 1.54) is 0 Å². The first kappa shape index (κ1) is 13.2. The van der Waals surface area contributed by atoms with Crippen LogP contribution in [0.2, 0.25) is 0 Å². The van der Waals surface area contributed by atoms with Crippen molar-refractivity contribution in [2.75, 3.05) is 37.5 Å². The van der Waals surface area contributed by atoms with Crippen molar-refractivity contribution in [3.05, 3.63) is 36.5 Å². The summed E-state index contributed by atoms with van der Waals surface area (Å²) in [7, 11) is 3.60. The predicted molar refractivity (Wildman–Crippen MR) is 74.7 cm³/mol. The first-order chi connectivity index (χ1) is 9.31. The van der Waals surface area contributed by atoms with Crippen LogP contribution in [0.3, 0.4) is 0 Å². The number of methoxy groups -OCH3 is 1. The van der Waals surface area contributed by atoms with Gasteiger partial charge < -0.3 is 15.0 Å². The molecule has 2 rings (SSSR count). The number of rotatable bonds is 6. The number of aromatic nitrogens is 3. The first-order valence-electron chi connectivity index (χ1n) is 6.02. The van der Waals surface area contributed by atoms with E-state index in [-0.39, 0.29) is 0 Å². The summed E-state index contributed by atoms with van der Waals surface area (Å²) in [5.74, 6) is 1.23. The molecule has 0 saturated heterocycles. The third-order valence-electron chi connectivity index (χ3n) is 2.62. The minimum absolute atomic E-state index is 0.498. The summed E-state index contributed by atoms with van der Waals surface area (Å²) in [6, 6.07) is 9.98. The SMILES string of the molecule is COCCNc1nncc(N(C)c2ccccc2)n1. The van der Waals surface area contributed by atoms with E-state index >= 15 is 0 Å². The molecule has 2 aromatic rings. The molecule has 0 aliphatic rings. The highest BCUT2D eigenvalue weighted by molar-refractivity contribution is 5.58. The molecular weight excluding hydrogens is 242 g/mol. The van der Waals surface area contributed by atoms with Gasteiger partial charge in [0, 0.05) is 26.4 Å². The summed E-state index contributed by atoms with van der Waals surface area (Å²) in [5.41, 5.74) is 1.05. The van der Waals surface area contributed by atoms with E-state index in [0.717, 1.165) is 11.5 Å². The molecule has 0 unspecified atom stereocenters. The molecule has 0 bridgehead atoms. The zero-order valence-corrected chi connectivity index (χ0v) is 11.1. The average Bonchev–Trinajstić information content (AvgIpc) is 2.48.